The maximum absolute atomic E-state index is 13.0. The van der Waals surface area contributed by atoms with E-state index < -0.39 is 10.0 Å². The van der Waals surface area contributed by atoms with Crippen molar-refractivity contribution in [3.63, 3.8) is 0 Å². The zero-order valence-electron chi connectivity index (χ0n) is 19.4. The van der Waals surface area contributed by atoms with Gasteiger partial charge in [0.05, 0.1) is 18.0 Å². The van der Waals surface area contributed by atoms with Gasteiger partial charge in [-0.15, -0.1) is 0 Å². The molecule has 0 saturated carbocycles. The SMILES string of the molecule is COc1ccc(S(=O)(=O)N(C)C)cc1CCC(=O)NC(c1ccccc1)c1cccc(C)c1. The number of amides is 1. The zero-order valence-corrected chi connectivity index (χ0v) is 20.2. The van der Waals surface area contributed by atoms with Gasteiger partial charge in [-0.3, -0.25) is 4.79 Å². The number of benzene rings is 3. The maximum atomic E-state index is 13.0. The molecule has 0 aliphatic carbocycles. The number of methoxy groups -OCH3 is 1. The molecule has 0 aliphatic rings. The van der Waals surface area contributed by atoms with Crippen molar-refractivity contribution in [1.29, 1.82) is 0 Å². The number of ether oxygens (including phenoxy) is 1. The molecule has 1 atom stereocenters. The van der Waals surface area contributed by atoms with Crippen LogP contribution in [0.5, 0.6) is 5.75 Å². The van der Waals surface area contributed by atoms with Crippen molar-refractivity contribution in [3.05, 3.63) is 95.1 Å². The third kappa shape index (κ3) is 6.00. The summed E-state index contributed by atoms with van der Waals surface area (Å²) in [5, 5.41) is 3.14. The minimum Gasteiger partial charge on any atom is -0.496 e. The molecule has 3 rings (SSSR count). The fraction of sp³-hybridized carbons (Fsp3) is 0.269. The number of hydrogen-bond acceptors (Lipinski definition) is 4. The second kappa shape index (κ2) is 10.6. The minimum atomic E-state index is -3.58. The third-order valence-electron chi connectivity index (χ3n) is 5.47. The first-order chi connectivity index (χ1) is 15.7. The van der Waals surface area contributed by atoms with Crippen LogP contribution < -0.4 is 10.1 Å². The van der Waals surface area contributed by atoms with Gasteiger partial charge in [0.15, 0.2) is 0 Å². The molecule has 6 nitrogen and oxygen atoms in total. The van der Waals surface area contributed by atoms with Gasteiger partial charge < -0.3 is 10.1 Å². The quantitative estimate of drug-likeness (QED) is 0.515. The van der Waals surface area contributed by atoms with Gasteiger partial charge >= 0.3 is 0 Å². The van der Waals surface area contributed by atoms with Crippen molar-refractivity contribution < 1.29 is 17.9 Å². The number of rotatable bonds is 9. The first-order valence-corrected chi connectivity index (χ1v) is 12.2. The van der Waals surface area contributed by atoms with Crippen molar-refractivity contribution >= 4 is 15.9 Å². The van der Waals surface area contributed by atoms with Gasteiger partial charge in [0.2, 0.25) is 15.9 Å². The molecule has 0 heterocycles. The van der Waals surface area contributed by atoms with E-state index in [1.54, 1.807) is 12.1 Å². The van der Waals surface area contributed by atoms with E-state index in [1.807, 2.05) is 55.5 Å². The normalized spacial score (nSPS) is 12.4. The van der Waals surface area contributed by atoms with Gasteiger partial charge in [-0.2, -0.15) is 0 Å². The van der Waals surface area contributed by atoms with Crippen LogP contribution in [0.25, 0.3) is 0 Å². The molecule has 0 bridgehead atoms. The van der Waals surface area contributed by atoms with E-state index in [4.69, 9.17) is 4.74 Å². The number of carbonyl (C=O) groups is 1. The number of carbonyl (C=O) groups excluding carboxylic acids is 1. The van der Waals surface area contributed by atoms with E-state index in [0.717, 1.165) is 21.0 Å². The molecule has 0 fully saturated rings. The molecule has 33 heavy (non-hydrogen) atoms. The number of sulfonamides is 1. The topological polar surface area (TPSA) is 75.7 Å². The highest BCUT2D eigenvalue weighted by molar-refractivity contribution is 7.89. The second-order valence-corrected chi connectivity index (χ2v) is 10.2. The van der Waals surface area contributed by atoms with Gasteiger partial charge in [-0.1, -0.05) is 60.2 Å². The van der Waals surface area contributed by atoms with Gasteiger partial charge in [0.1, 0.15) is 5.75 Å². The van der Waals surface area contributed by atoms with Gasteiger partial charge in [0.25, 0.3) is 0 Å². The van der Waals surface area contributed by atoms with Crippen molar-refractivity contribution in [2.45, 2.75) is 30.7 Å². The summed E-state index contributed by atoms with van der Waals surface area (Å²) in [6, 6.07) is 22.3. The summed E-state index contributed by atoms with van der Waals surface area (Å²) in [5.74, 6) is 0.423. The van der Waals surface area contributed by atoms with Crippen LogP contribution in [0.1, 0.15) is 34.7 Å². The van der Waals surface area contributed by atoms with Crippen LogP contribution in [0.4, 0.5) is 0 Å². The van der Waals surface area contributed by atoms with Crippen LogP contribution in [0.3, 0.4) is 0 Å². The Balaban J connectivity index is 1.80. The van der Waals surface area contributed by atoms with Gasteiger partial charge in [0, 0.05) is 20.5 Å². The Bertz CT molecular complexity index is 1210. The van der Waals surface area contributed by atoms with E-state index in [2.05, 4.69) is 11.4 Å². The molecule has 0 aliphatic heterocycles. The van der Waals surface area contributed by atoms with Crippen molar-refractivity contribution in [2.75, 3.05) is 21.2 Å². The monoisotopic (exact) mass is 466 g/mol. The molecule has 3 aromatic carbocycles. The van der Waals surface area contributed by atoms with Crippen molar-refractivity contribution in [2.24, 2.45) is 0 Å². The summed E-state index contributed by atoms with van der Waals surface area (Å²) in [5.41, 5.74) is 3.79. The number of nitrogens with zero attached hydrogens (tertiary/aromatic N) is 1. The van der Waals surface area contributed by atoms with E-state index in [9.17, 15) is 13.2 Å². The Labute approximate surface area is 196 Å². The molecule has 174 valence electrons. The molecular weight excluding hydrogens is 436 g/mol. The highest BCUT2D eigenvalue weighted by atomic mass is 32.2. The van der Waals surface area contributed by atoms with Crippen LogP contribution in [-0.2, 0) is 21.2 Å². The van der Waals surface area contributed by atoms with E-state index in [0.29, 0.717) is 17.7 Å². The van der Waals surface area contributed by atoms with Crippen molar-refractivity contribution in [1.82, 2.24) is 9.62 Å². The molecular formula is C26H30N2O4S. The van der Waals surface area contributed by atoms with Crippen molar-refractivity contribution in [3.8, 4) is 5.75 Å². The average molecular weight is 467 g/mol. The first kappa shape index (κ1) is 24.5. The number of nitrogens with one attached hydrogen (secondary N) is 1. The molecule has 0 radical (unpaired) electrons. The maximum Gasteiger partial charge on any atom is 0.242 e. The highest BCUT2D eigenvalue weighted by Crippen LogP contribution is 2.26. The summed E-state index contributed by atoms with van der Waals surface area (Å²) in [4.78, 5) is 13.1. The summed E-state index contributed by atoms with van der Waals surface area (Å²) < 4.78 is 31.6. The fourth-order valence-electron chi connectivity index (χ4n) is 3.66. The van der Waals surface area contributed by atoms with E-state index in [1.165, 1.54) is 27.3 Å². The van der Waals surface area contributed by atoms with Crippen LogP contribution in [0.2, 0.25) is 0 Å². The molecule has 7 heteroatoms. The van der Waals surface area contributed by atoms with E-state index >= 15 is 0 Å². The summed E-state index contributed by atoms with van der Waals surface area (Å²) in [6.45, 7) is 2.02. The Hall–Kier alpha value is -3.16. The lowest BCUT2D eigenvalue weighted by Crippen LogP contribution is -2.29. The lowest BCUT2D eigenvalue weighted by atomic mass is 9.97. The van der Waals surface area contributed by atoms with Crippen LogP contribution in [0.15, 0.2) is 77.7 Å². The molecule has 3 aromatic rings. The standard InChI is InChI=1S/C26H30N2O4S/c1-19-9-8-12-22(17-19)26(20-10-6-5-7-11-20)27-25(29)16-13-21-18-23(14-15-24(21)32-4)33(30,31)28(2)3/h5-12,14-15,17-18,26H,13,16H2,1-4H3,(H,27,29). The average Bonchev–Trinajstić information content (AvgIpc) is 2.81. The highest BCUT2D eigenvalue weighted by Gasteiger charge is 2.20. The molecule has 1 N–H and O–H groups in total. The van der Waals surface area contributed by atoms with Gasteiger partial charge in [-0.25, -0.2) is 12.7 Å². The van der Waals surface area contributed by atoms with Crippen LogP contribution in [0, 0.1) is 6.92 Å². The minimum absolute atomic E-state index is 0.131. The number of aryl methyl sites for hydroxylation is 2. The summed E-state index contributed by atoms with van der Waals surface area (Å²) in [6.07, 6.45) is 0.540. The van der Waals surface area contributed by atoms with Crippen LogP contribution in [-0.4, -0.2) is 39.8 Å². The first-order valence-electron chi connectivity index (χ1n) is 10.7. The summed E-state index contributed by atoms with van der Waals surface area (Å²) >= 11 is 0. The predicted octanol–water partition coefficient (Wildman–Crippen LogP) is 4.09. The molecule has 1 unspecified atom stereocenters. The smallest absolute Gasteiger partial charge is 0.242 e. The Morgan fingerprint density at radius 3 is 2.30 bits per heavy atom. The lowest BCUT2D eigenvalue weighted by molar-refractivity contribution is -0.121. The summed E-state index contributed by atoms with van der Waals surface area (Å²) in [7, 11) is 0.925. The second-order valence-electron chi connectivity index (χ2n) is 8.09. The molecule has 0 spiro atoms. The molecule has 0 saturated heterocycles. The number of hydrogen-bond donors (Lipinski definition) is 1. The van der Waals surface area contributed by atoms with Gasteiger partial charge in [-0.05, 0) is 48.2 Å². The fourth-order valence-corrected chi connectivity index (χ4v) is 4.61. The molecule has 0 aromatic heterocycles. The Morgan fingerprint density at radius 2 is 1.67 bits per heavy atom. The van der Waals surface area contributed by atoms with Crippen LogP contribution >= 0.6 is 0 Å². The largest absolute Gasteiger partial charge is 0.496 e. The Kier molecular flexibility index (Phi) is 7.89. The third-order valence-corrected chi connectivity index (χ3v) is 7.28. The predicted molar refractivity (Wildman–Crippen MR) is 130 cm³/mol. The lowest BCUT2D eigenvalue weighted by Gasteiger charge is -2.21. The zero-order chi connectivity index (χ0) is 24.0. The Morgan fingerprint density at radius 1 is 0.970 bits per heavy atom. The molecule has 1 amide bonds. The van der Waals surface area contributed by atoms with E-state index in [-0.39, 0.29) is 23.3 Å².